The number of alkyl halides is 1. The maximum Gasteiger partial charge on any atom is 0.0628 e. The van der Waals surface area contributed by atoms with Gasteiger partial charge in [0.15, 0.2) is 0 Å². The first-order valence-corrected chi connectivity index (χ1v) is 5.81. The summed E-state index contributed by atoms with van der Waals surface area (Å²) in [6.45, 7) is 4.18. The highest BCUT2D eigenvalue weighted by atomic mass is 35.5. The second-order valence-electron chi connectivity index (χ2n) is 4.20. The van der Waals surface area contributed by atoms with Gasteiger partial charge in [-0.3, -0.25) is 0 Å². The molecule has 0 saturated heterocycles. The highest BCUT2D eigenvalue weighted by Crippen LogP contribution is 2.47. The van der Waals surface area contributed by atoms with Gasteiger partial charge in [0.2, 0.25) is 0 Å². The van der Waals surface area contributed by atoms with Crippen molar-refractivity contribution in [3.8, 4) is 0 Å². The Morgan fingerprint density at radius 3 is 2.36 bits per heavy atom. The van der Waals surface area contributed by atoms with Gasteiger partial charge in [0.1, 0.15) is 0 Å². The molecular formula is C12H14Cl2. The zero-order valence-corrected chi connectivity index (χ0v) is 9.99. The molecule has 0 heterocycles. The third kappa shape index (κ3) is 1.92. The van der Waals surface area contributed by atoms with Crippen LogP contribution >= 0.6 is 23.2 Å². The van der Waals surface area contributed by atoms with E-state index < -0.39 is 0 Å². The molecule has 2 heteroatoms. The molecule has 0 spiro atoms. The molecule has 1 saturated carbocycles. The van der Waals surface area contributed by atoms with Crippen LogP contribution in [-0.2, 0) is 0 Å². The van der Waals surface area contributed by atoms with Crippen molar-refractivity contribution in [3.05, 3.63) is 33.8 Å². The van der Waals surface area contributed by atoms with Gasteiger partial charge in [-0.2, -0.15) is 0 Å². The molecule has 1 aliphatic rings. The maximum atomic E-state index is 6.35. The number of hydrogen-bond acceptors (Lipinski definition) is 0. The van der Waals surface area contributed by atoms with Gasteiger partial charge in [0, 0.05) is 5.02 Å². The largest absolute Gasteiger partial charge is 0.117 e. The van der Waals surface area contributed by atoms with Gasteiger partial charge >= 0.3 is 0 Å². The van der Waals surface area contributed by atoms with E-state index in [0.29, 0.717) is 5.92 Å². The van der Waals surface area contributed by atoms with E-state index in [1.807, 2.05) is 6.07 Å². The Morgan fingerprint density at radius 2 is 1.79 bits per heavy atom. The molecule has 1 aliphatic carbocycles. The molecule has 1 aromatic carbocycles. The Labute approximate surface area is 95.2 Å². The third-order valence-corrected chi connectivity index (χ3v) is 3.86. The van der Waals surface area contributed by atoms with Crippen molar-refractivity contribution in [2.24, 2.45) is 5.92 Å². The number of rotatable bonds is 2. The molecule has 1 unspecified atom stereocenters. The molecular weight excluding hydrogens is 215 g/mol. The first-order chi connectivity index (χ1) is 6.59. The summed E-state index contributed by atoms with van der Waals surface area (Å²) in [4.78, 5) is 0. The Hall–Kier alpha value is -0.200. The number of aryl methyl sites for hydroxylation is 2. The summed E-state index contributed by atoms with van der Waals surface area (Å²) in [5, 5.41) is 0.932. The zero-order chi connectivity index (χ0) is 10.3. The lowest BCUT2D eigenvalue weighted by molar-refractivity contribution is 0.796. The molecule has 2 rings (SSSR count). The Morgan fingerprint density at radius 1 is 1.21 bits per heavy atom. The molecule has 14 heavy (non-hydrogen) atoms. The maximum absolute atomic E-state index is 6.35. The Bertz CT molecular complexity index is 354. The number of benzene rings is 1. The fourth-order valence-corrected chi connectivity index (χ4v) is 2.48. The molecule has 0 N–H and O–H groups in total. The van der Waals surface area contributed by atoms with Crippen LogP contribution in [0.5, 0.6) is 0 Å². The van der Waals surface area contributed by atoms with Gasteiger partial charge in [-0.25, -0.2) is 0 Å². The van der Waals surface area contributed by atoms with E-state index in [1.54, 1.807) is 0 Å². The summed E-state index contributed by atoms with van der Waals surface area (Å²) in [6, 6.07) is 4.15. The average molecular weight is 229 g/mol. The van der Waals surface area contributed by atoms with E-state index in [-0.39, 0.29) is 5.38 Å². The minimum atomic E-state index is 0.113. The van der Waals surface area contributed by atoms with Crippen LogP contribution in [0.2, 0.25) is 5.02 Å². The average Bonchev–Trinajstić information content (AvgIpc) is 2.93. The standard InChI is InChI=1S/C12H14Cl2/c1-7-5-10(11(13)6-8(7)2)12(14)9-3-4-9/h5-6,9,12H,3-4H2,1-2H3. The lowest BCUT2D eigenvalue weighted by atomic mass is 10.0. The van der Waals surface area contributed by atoms with Crippen molar-refractivity contribution >= 4 is 23.2 Å². The normalized spacial score (nSPS) is 18.3. The van der Waals surface area contributed by atoms with Crippen molar-refractivity contribution in [1.82, 2.24) is 0 Å². The van der Waals surface area contributed by atoms with Crippen molar-refractivity contribution in [2.45, 2.75) is 32.1 Å². The quantitative estimate of drug-likeness (QED) is 0.647. The molecule has 0 bridgehead atoms. The number of hydrogen-bond donors (Lipinski definition) is 0. The second kappa shape index (κ2) is 3.75. The second-order valence-corrected chi connectivity index (χ2v) is 5.07. The van der Waals surface area contributed by atoms with Crippen molar-refractivity contribution < 1.29 is 0 Å². The summed E-state index contributed by atoms with van der Waals surface area (Å²) in [6.07, 6.45) is 2.49. The van der Waals surface area contributed by atoms with Gasteiger partial charge in [0.25, 0.3) is 0 Å². The minimum Gasteiger partial charge on any atom is -0.117 e. The van der Waals surface area contributed by atoms with Crippen LogP contribution in [0, 0.1) is 19.8 Å². The molecule has 1 aromatic rings. The predicted octanol–water partition coefficient (Wildman–Crippen LogP) is 4.65. The van der Waals surface area contributed by atoms with E-state index in [4.69, 9.17) is 23.2 Å². The van der Waals surface area contributed by atoms with Crippen LogP contribution in [0.25, 0.3) is 0 Å². The highest BCUT2D eigenvalue weighted by Gasteiger charge is 2.32. The molecule has 0 nitrogen and oxygen atoms in total. The first-order valence-electron chi connectivity index (χ1n) is 5.00. The van der Waals surface area contributed by atoms with Crippen LogP contribution in [-0.4, -0.2) is 0 Å². The highest BCUT2D eigenvalue weighted by molar-refractivity contribution is 6.33. The van der Waals surface area contributed by atoms with Gasteiger partial charge in [0.05, 0.1) is 5.38 Å². The first kappa shape index (κ1) is 10.3. The van der Waals surface area contributed by atoms with E-state index in [0.717, 1.165) is 10.6 Å². The molecule has 76 valence electrons. The summed E-state index contributed by atoms with van der Waals surface area (Å²) in [5.74, 6) is 0.649. The molecule has 0 aliphatic heterocycles. The minimum absolute atomic E-state index is 0.113. The topological polar surface area (TPSA) is 0 Å². The molecule has 0 radical (unpaired) electrons. The van der Waals surface area contributed by atoms with Crippen molar-refractivity contribution in [1.29, 1.82) is 0 Å². The number of halogens is 2. The van der Waals surface area contributed by atoms with Gasteiger partial charge in [-0.05, 0) is 55.4 Å². The third-order valence-electron chi connectivity index (χ3n) is 2.95. The smallest absolute Gasteiger partial charge is 0.0628 e. The zero-order valence-electron chi connectivity index (χ0n) is 8.48. The fourth-order valence-electron chi connectivity index (χ4n) is 1.66. The van der Waals surface area contributed by atoms with Gasteiger partial charge < -0.3 is 0 Å². The molecule has 1 fully saturated rings. The molecule has 0 amide bonds. The van der Waals surface area contributed by atoms with E-state index >= 15 is 0 Å². The summed E-state index contributed by atoms with van der Waals surface area (Å²) in [7, 11) is 0. The lowest BCUT2D eigenvalue weighted by Crippen LogP contribution is -1.96. The van der Waals surface area contributed by atoms with E-state index in [9.17, 15) is 0 Å². The monoisotopic (exact) mass is 228 g/mol. The SMILES string of the molecule is Cc1cc(Cl)c(C(Cl)C2CC2)cc1C. The van der Waals surface area contributed by atoms with E-state index in [1.165, 1.54) is 24.0 Å². The van der Waals surface area contributed by atoms with Crippen LogP contribution < -0.4 is 0 Å². The predicted molar refractivity (Wildman–Crippen MR) is 62.2 cm³/mol. The summed E-state index contributed by atoms with van der Waals surface area (Å²) in [5.41, 5.74) is 3.62. The Kier molecular flexibility index (Phi) is 2.77. The van der Waals surface area contributed by atoms with Crippen molar-refractivity contribution in [2.75, 3.05) is 0 Å². The molecule has 0 aromatic heterocycles. The van der Waals surface area contributed by atoms with Crippen LogP contribution in [0.3, 0.4) is 0 Å². The van der Waals surface area contributed by atoms with Gasteiger partial charge in [-0.1, -0.05) is 17.7 Å². The van der Waals surface area contributed by atoms with Crippen LogP contribution in [0.15, 0.2) is 12.1 Å². The van der Waals surface area contributed by atoms with Crippen LogP contribution in [0.1, 0.15) is 34.9 Å². The van der Waals surface area contributed by atoms with Crippen molar-refractivity contribution in [3.63, 3.8) is 0 Å². The van der Waals surface area contributed by atoms with E-state index in [2.05, 4.69) is 19.9 Å². The summed E-state index contributed by atoms with van der Waals surface area (Å²) >= 11 is 12.5. The lowest BCUT2D eigenvalue weighted by Gasteiger charge is -2.13. The Balaban J connectivity index is 2.36. The fraction of sp³-hybridized carbons (Fsp3) is 0.500. The molecule has 1 atom stereocenters. The van der Waals surface area contributed by atoms with Gasteiger partial charge in [-0.15, -0.1) is 11.6 Å². The summed E-state index contributed by atoms with van der Waals surface area (Å²) < 4.78 is 0. The van der Waals surface area contributed by atoms with Crippen LogP contribution in [0.4, 0.5) is 0 Å².